The van der Waals surface area contributed by atoms with Gasteiger partial charge in [-0.05, 0) is 19.1 Å². The number of hydrogen-bond acceptors (Lipinski definition) is 9. The van der Waals surface area contributed by atoms with Gasteiger partial charge in [0.15, 0.2) is 17.2 Å². The Morgan fingerprint density at radius 2 is 2.14 bits per heavy atom. The van der Waals surface area contributed by atoms with E-state index in [1.165, 1.54) is 19.4 Å². The molecule has 3 heterocycles. The highest BCUT2D eigenvalue weighted by Gasteiger charge is 2.56. The Kier molecular flexibility index (Phi) is 5.50. The number of carboxylic acids is 1. The monoisotopic (exact) mass is 424 g/mol. The van der Waals surface area contributed by atoms with Crippen LogP contribution in [0.25, 0.3) is 0 Å². The lowest BCUT2D eigenvalue weighted by atomic mass is 10.0. The van der Waals surface area contributed by atoms with E-state index in [1.807, 2.05) is 0 Å². The summed E-state index contributed by atoms with van der Waals surface area (Å²) < 4.78 is 9.94. The van der Waals surface area contributed by atoms with Gasteiger partial charge in [-0.1, -0.05) is 5.16 Å². The topological polar surface area (TPSA) is 174 Å². The minimum absolute atomic E-state index is 0.126. The number of furan rings is 1. The van der Waals surface area contributed by atoms with E-state index in [-0.39, 0.29) is 17.2 Å². The molecule has 1 fully saturated rings. The van der Waals surface area contributed by atoms with E-state index in [9.17, 15) is 24.3 Å². The SMILES string of the molecule is CON=C(C(=O)N[C@@H]1C(=O)N2C(C(=O)O)=C(OC(N)=O)C(C)S[C@H]12)c1ccco1. The second-order valence-electron chi connectivity index (χ2n) is 5.87. The van der Waals surface area contributed by atoms with Crippen molar-refractivity contribution in [2.75, 3.05) is 7.11 Å². The molecule has 1 aromatic rings. The van der Waals surface area contributed by atoms with Crippen molar-refractivity contribution in [1.29, 1.82) is 0 Å². The highest BCUT2D eigenvalue weighted by molar-refractivity contribution is 8.00. The third-order valence-corrected chi connectivity index (χ3v) is 5.47. The van der Waals surface area contributed by atoms with Gasteiger partial charge in [0.25, 0.3) is 11.8 Å². The number of hydrogen-bond donors (Lipinski definition) is 3. The highest BCUT2D eigenvalue weighted by Crippen LogP contribution is 2.44. The first-order valence-corrected chi connectivity index (χ1v) is 9.09. The molecule has 2 aliphatic heterocycles. The summed E-state index contributed by atoms with van der Waals surface area (Å²) in [5.74, 6) is -3.01. The van der Waals surface area contributed by atoms with Gasteiger partial charge in [0.2, 0.25) is 5.71 Å². The molecule has 4 N–H and O–H groups in total. The first-order valence-electron chi connectivity index (χ1n) is 8.15. The third kappa shape index (κ3) is 3.63. The van der Waals surface area contributed by atoms with Gasteiger partial charge < -0.3 is 30.1 Å². The summed E-state index contributed by atoms with van der Waals surface area (Å²) in [6.45, 7) is 1.59. The standard InChI is InChI=1S/C16H16N4O8S/c1-6-11(28-16(17)25)10(15(23)24)20-13(22)9(14(20)29-6)18-12(21)8(19-26-2)7-4-3-5-27-7/h3-6,9,14H,1-2H3,(H2,17,25)(H,18,21)(H,23,24)/t6?,9-,14-/m1/s1. The molecule has 0 bridgehead atoms. The Bertz CT molecular complexity index is 925. The number of thioether (sulfide) groups is 1. The summed E-state index contributed by atoms with van der Waals surface area (Å²) in [6, 6.07) is 2.01. The van der Waals surface area contributed by atoms with Crippen LogP contribution in [-0.4, -0.2) is 63.4 Å². The molecule has 1 aromatic heterocycles. The van der Waals surface area contributed by atoms with Gasteiger partial charge in [-0.15, -0.1) is 11.8 Å². The lowest BCUT2D eigenvalue weighted by molar-refractivity contribution is -0.150. The maximum atomic E-state index is 12.6. The van der Waals surface area contributed by atoms with Crippen molar-refractivity contribution in [3.8, 4) is 0 Å². The number of aliphatic carboxylic acids is 1. The van der Waals surface area contributed by atoms with Crippen LogP contribution in [0, 0.1) is 0 Å². The fourth-order valence-corrected chi connectivity index (χ4v) is 4.29. The lowest BCUT2D eigenvalue weighted by Crippen LogP contribution is -2.71. The number of nitrogens with one attached hydrogen (secondary N) is 1. The van der Waals surface area contributed by atoms with Crippen LogP contribution in [0.15, 0.2) is 39.4 Å². The molecule has 0 radical (unpaired) electrons. The number of nitrogens with two attached hydrogens (primary N) is 1. The van der Waals surface area contributed by atoms with E-state index in [4.69, 9.17) is 14.9 Å². The Morgan fingerprint density at radius 1 is 1.41 bits per heavy atom. The maximum Gasteiger partial charge on any atom is 0.409 e. The number of carboxylic acid groups (broad SMARTS) is 1. The number of nitrogens with zero attached hydrogens (tertiary/aromatic N) is 2. The summed E-state index contributed by atoms with van der Waals surface area (Å²) in [5, 5.41) is 14.3. The largest absolute Gasteiger partial charge is 0.476 e. The first-order chi connectivity index (χ1) is 13.8. The molecule has 13 heteroatoms. The molecule has 12 nitrogen and oxygen atoms in total. The van der Waals surface area contributed by atoms with Gasteiger partial charge in [-0.3, -0.25) is 14.5 Å². The smallest absolute Gasteiger partial charge is 0.409 e. The Balaban J connectivity index is 1.84. The van der Waals surface area contributed by atoms with Crippen LogP contribution >= 0.6 is 11.8 Å². The molecular weight excluding hydrogens is 408 g/mol. The van der Waals surface area contributed by atoms with Crippen LogP contribution < -0.4 is 11.1 Å². The van der Waals surface area contributed by atoms with Crippen LogP contribution in [0.1, 0.15) is 12.7 Å². The van der Waals surface area contributed by atoms with Crippen LogP contribution in [-0.2, 0) is 24.0 Å². The minimum Gasteiger partial charge on any atom is -0.476 e. The van der Waals surface area contributed by atoms with Crippen molar-refractivity contribution in [2.24, 2.45) is 10.9 Å². The predicted octanol–water partition coefficient (Wildman–Crippen LogP) is -0.190. The van der Waals surface area contributed by atoms with E-state index in [0.717, 1.165) is 16.7 Å². The van der Waals surface area contributed by atoms with Gasteiger partial charge in [-0.25, -0.2) is 9.59 Å². The third-order valence-electron chi connectivity index (χ3n) is 4.08. The number of amides is 3. The molecule has 3 amide bonds. The van der Waals surface area contributed by atoms with Crippen molar-refractivity contribution < 1.29 is 38.3 Å². The van der Waals surface area contributed by atoms with Crippen molar-refractivity contribution in [2.45, 2.75) is 23.6 Å². The van der Waals surface area contributed by atoms with E-state index < -0.39 is 46.2 Å². The first kappa shape index (κ1) is 20.3. The average Bonchev–Trinajstić information content (AvgIpc) is 3.18. The Morgan fingerprint density at radius 3 is 2.69 bits per heavy atom. The second kappa shape index (κ2) is 7.87. The highest BCUT2D eigenvalue weighted by atomic mass is 32.2. The molecule has 1 unspecified atom stereocenters. The molecule has 2 aliphatic rings. The number of ether oxygens (including phenoxy) is 1. The zero-order chi connectivity index (χ0) is 21.3. The number of β-lactam (4-membered cyclic amide) rings is 1. The van der Waals surface area contributed by atoms with Gasteiger partial charge >= 0.3 is 12.1 Å². The average molecular weight is 424 g/mol. The second-order valence-corrected chi connectivity index (χ2v) is 7.33. The number of primary amides is 1. The van der Waals surface area contributed by atoms with Crippen molar-refractivity contribution in [3.63, 3.8) is 0 Å². The number of carbonyl (C=O) groups is 4. The van der Waals surface area contributed by atoms with Gasteiger partial charge in [0.1, 0.15) is 18.5 Å². The molecule has 0 aromatic carbocycles. The summed E-state index contributed by atoms with van der Waals surface area (Å²) in [4.78, 5) is 53.5. The molecule has 154 valence electrons. The molecular formula is C16H16N4O8S. The summed E-state index contributed by atoms with van der Waals surface area (Å²) in [7, 11) is 1.25. The Hall–Kier alpha value is -3.48. The van der Waals surface area contributed by atoms with E-state index in [0.29, 0.717) is 0 Å². The van der Waals surface area contributed by atoms with E-state index >= 15 is 0 Å². The molecule has 0 saturated carbocycles. The quantitative estimate of drug-likeness (QED) is 0.318. The number of rotatable bonds is 6. The molecule has 0 aliphatic carbocycles. The van der Waals surface area contributed by atoms with E-state index in [1.54, 1.807) is 13.0 Å². The van der Waals surface area contributed by atoms with Crippen LogP contribution in [0.3, 0.4) is 0 Å². The van der Waals surface area contributed by atoms with Gasteiger partial charge in [0.05, 0.1) is 11.5 Å². The van der Waals surface area contributed by atoms with Crippen LogP contribution in [0.5, 0.6) is 0 Å². The molecule has 29 heavy (non-hydrogen) atoms. The number of carbonyl (C=O) groups excluding carboxylic acids is 3. The van der Waals surface area contributed by atoms with Crippen molar-refractivity contribution >= 4 is 41.4 Å². The van der Waals surface area contributed by atoms with Crippen LogP contribution in [0.2, 0.25) is 0 Å². The number of oxime groups is 1. The zero-order valence-electron chi connectivity index (χ0n) is 15.1. The summed E-state index contributed by atoms with van der Waals surface area (Å²) in [6.07, 6.45) is 0.147. The zero-order valence-corrected chi connectivity index (χ0v) is 16.0. The molecule has 1 saturated heterocycles. The fraction of sp³-hybridized carbons (Fsp3) is 0.312. The fourth-order valence-electron chi connectivity index (χ4n) is 2.92. The van der Waals surface area contributed by atoms with E-state index in [2.05, 4.69) is 15.3 Å². The van der Waals surface area contributed by atoms with Gasteiger partial charge in [-0.2, -0.15) is 0 Å². The van der Waals surface area contributed by atoms with Crippen molar-refractivity contribution in [3.05, 3.63) is 35.6 Å². The predicted molar refractivity (Wildman–Crippen MR) is 97.2 cm³/mol. The lowest BCUT2D eigenvalue weighted by Gasteiger charge is -2.50. The van der Waals surface area contributed by atoms with Gasteiger partial charge in [0, 0.05) is 0 Å². The minimum atomic E-state index is -1.46. The maximum absolute atomic E-state index is 12.6. The summed E-state index contributed by atoms with van der Waals surface area (Å²) in [5.41, 5.74) is 4.31. The molecule has 3 atom stereocenters. The van der Waals surface area contributed by atoms with Crippen molar-refractivity contribution in [1.82, 2.24) is 10.2 Å². The number of fused-ring (bicyclic) bond motifs is 1. The van der Waals surface area contributed by atoms with Crippen LogP contribution in [0.4, 0.5) is 4.79 Å². The summed E-state index contributed by atoms with van der Waals surface area (Å²) >= 11 is 1.13. The molecule has 0 spiro atoms. The Labute approximate surface area is 167 Å². The normalized spacial score (nSPS) is 23.8. The molecule has 3 rings (SSSR count).